The highest BCUT2D eigenvalue weighted by atomic mass is 79.9. The standard InChI is InChI=1S/C21H33BrN2O6/c1-7-29-19(28)13-14-18(27)24(12(9-25)10(2)3)16(17(26)23-20(4,5)6)21(14)8-11(22)15(13)30-21/h10-16,25H,7-9H2,1-6H3,(H,23,26)/t11?,12-,13-,14+,15-,16-,21+/m0/s1. The quantitative estimate of drug-likeness (QED) is 0.430. The van der Waals surface area contributed by atoms with E-state index in [1.165, 1.54) is 4.90 Å². The van der Waals surface area contributed by atoms with Gasteiger partial charge in [-0.25, -0.2) is 0 Å². The summed E-state index contributed by atoms with van der Waals surface area (Å²) in [5.74, 6) is -2.80. The van der Waals surface area contributed by atoms with Crippen molar-refractivity contribution in [1.29, 1.82) is 0 Å². The molecule has 170 valence electrons. The Balaban J connectivity index is 2.11. The third kappa shape index (κ3) is 3.56. The molecule has 2 N–H and O–H groups in total. The van der Waals surface area contributed by atoms with Crippen molar-refractivity contribution < 1.29 is 29.0 Å². The van der Waals surface area contributed by atoms with Crippen molar-refractivity contribution in [3.8, 4) is 0 Å². The first-order valence-electron chi connectivity index (χ1n) is 10.6. The molecule has 0 aromatic rings. The van der Waals surface area contributed by atoms with Gasteiger partial charge in [-0.1, -0.05) is 29.8 Å². The van der Waals surface area contributed by atoms with Gasteiger partial charge in [0.05, 0.1) is 37.2 Å². The maximum absolute atomic E-state index is 13.7. The van der Waals surface area contributed by atoms with Crippen LogP contribution in [-0.4, -0.2) is 75.2 Å². The van der Waals surface area contributed by atoms with E-state index in [0.29, 0.717) is 6.42 Å². The van der Waals surface area contributed by atoms with Crippen LogP contribution in [0.15, 0.2) is 0 Å². The van der Waals surface area contributed by atoms with Crippen molar-refractivity contribution >= 4 is 33.7 Å². The monoisotopic (exact) mass is 488 g/mol. The molecule has 0 radical (unpaired) electrons. The number of alkyl halides is 1. The van der Waals surface area contributed by atoms with Crippen molar-refractivity contribution in [1.82, 2.24) is 10.2 Å². The number of carbonyl (C=O) groups excluding carboxylic acids is 3. The first kappa shape index (κ1) is 23.5. The van der Waals surface area contributed by atoms with Crippen molar-refractivity contribution in [3.05, 3.63) is 0 Å². The van der Waals surface area contributed by atoms with E-state index in [2.05, 4.69) is 21.2 Å². The van der Waals surface area contributed by atoms with Gasteiger partial charge < -0.3 is 24.8 Å². The first-order valence-corrected chi connectivity index (χ1v) is 11.5. The number of fused-ring (bicyclic) bond motifs is 1. The summed E-state index contributed by atoms with van der Waals surface area (Å²) in [4.78, 5) is 41.3. The second-order valence-corrected chi connectivity index (χ2v) is 11.1. The van der Waals surface area contributed by atoms with Crippen LogP contribution in [-0.2, 0) is 23.9 Å². The molecular formula is C21H33BrN2O6. The lowest BCUT2D eigenvalue weighted by molar-refractivity contribution is -0.155. The van der Waals surface area contributed by atoms with Crippen LogP contribution in [0.2, 0.25) is 0 Å². The number of esters is 1. The van der Waals surface area contributed by atoms with E-state index in [9.17, 15) is 19.5 Å². The summed E-state index contributed by atoms with van der Waals surface area (Å²) in [6.45, 7) is 11.0. The van der Waals surface area contributed by atoms with Crippen molar-refractivity contribution in [2.24, 2.45) is 17.8 Å². The lowest BCUT2D eigenvalue weighted by atomic mass is 9.70. The normalized spacial score (nSPS) is 36.2. The zero-order valence-corrected chi connectivity index (χ0v) is 20.1. The van der Waals surface area contributed by atoms with Gasteiger partial charge in [0.1, 0.15) is 11.6 Å². The summed E-state index contributed by atoms with van der Waals surface area (Å²) in [7, 11) is 0. The molecule has 1 unspecified atom stereocenters. The molecule has 3 aliphatic rings. The van der Waals surface area contributed by atoms with Crippen LogP contribution in [0.4, 0.5) is 0 Å². The fourth-order valence-electron chi connectivity index (χ4n) is 5.29. The van der Waals surface area contributed by atoms with E-state index in [1.807, 2.05) is 34.6 Å². The third-order valence-electron chi connectivity index (χ3n) is 6.35. The summed E-state index contributed by atoms with van der Waals surface area (Å²) in [5.41, 5.74) is -1.65. The molecule has 0 aromatic heterocycles. The topological polar surface area (TPSA) is 105 Å². The molecule has 0 aromatic carbocycles. The molecule has 30 heavy (non-hydrogen) atoms. The zero-order chi connectivity index (χ0) is 22.6. The number of likely N-dealkylation sites (tertiary alicyclic amines) is 1. The molecule has 3 aliphatic heterocycles. The Labute approximate surface area is 186 Å². The van der Waals surface area contributed by atoms with Crippen molar-refractivity contribution in [2.45, 2.75) is 82.1 Å². The number of hydrogen-bond acceptors (Lipinski definition) is 6. The highest BCUT2D eigenvalue weighted by Crippen LogP contribution is 2.60. The molecule has 8 nitrogen and oxygen atoms in total. The van der Waals surface area contributed by atoms with Gasteiger partial charge in [0, 0.05) is 10.4 Å². The summed E-state index contributed by atoms with van der Waals surface area (Å²) in [6.07, 6.45) is -0.101. The van der Waals surface area contributed by atoms with Crippen molar-refractivity contribution in [3.63, 3.8) is 0 Å². The second kappa shape index (κ2) is 8.06. The smallest absolute Gasteiger partial charge is 0.312 e. The van der Waals surface area contributed by atoms with Crippen LogP contribution in [0, 0.1) is 17.8 Å². The molecule has 0 aliphatic carbocycles. The molecule has 3 fully saturated rings. The number of nitrogens with zero attached hydrogens (tertiary/aromatic N) is 1. The van der Waals surface area contributed by atoms with Gasteiger partial charge >= 0.3 is 5.97 Å². The SMILES string of the molecule is CCOC(=O)[C@@H]1[C@H]2O[C@@]3(CC2Br)[C@H](C(=O)NC(C)(C)C)N([C@@H](CO)C(C)C)C(=O)[C@@H]13. The first-order chi connectivity index (χ1) is 13.9. The molecule has 9 heteroatoms. The van der Waals surface area contributed by atoms with Crippen LogP contribution in [0.1, 0.15) is 48.0 Å². The second-order valence-electron chi connectivity index (χ2n) is 9.89. The van der Waals surface area contributed by atoms with Gasteiger partial charge in [-0.05, 0) is 40.0 Å². The molecular weight excluding hydrogens is 456 g/mol. The highest BCUT2D eigenvalue weighted by Gasteiger charge is 2.77. The van der Waals surface area contributed by atoms with E-state index < -0.39 is 47.1 Å². The number of aliphatic hydroxyl groups is 1. The molecule has 7 atom stereocenters. The van der Waals surface area contributed by atoms with Crippen LogP contribution >= 0.6 is 15.9 Å². The van der Waals surface area contributed by atoms with Gasteiger partial charge in [0.2, 0.25) is 11.8 Å². The Morgan fingerprint density at radius 3 is 2.53 bits per heavy atom. The van der Waals surface area contributed by atoms with Gasteiger partial charge in [-0.3, -0.25) is 14.4 Å². The fraction of sp³-hybridized carbons (Fsp3) is 0.857. The number of ether oxygens (including phenoxy) is 2. The van der Waals surface area contributed by atoms with Crippen LogP contribution in [0.5, 0.6) is 0 Å². The number of amides is 2. The Bertz CT molecular complexity index is 723. The highest BCUT2D eigenvalue weighted by molar-refractivity contribution is 9.09. The van der Waals surface area contributed by atoms with Crippen molar-refractivity contribution in [2.75, 3.05) is 13.2 Å². The average Bonchev–Trinajstić information content (AvgIpc) is 3.18. The lowest BCUT2D eigenvalue weighted by Crippen LogP contribution is -2.61. The minimum absolute atomic E-state index is 0.0860. The summed E-state index contributed by atoms with van der Waals surface area (Å²) in [5, 5.41) is 13.1. The van der Waals surface area contributed by atoms with E-state index >= 15 is 0 Å². The number of aliphatic hydroxyl groups excluding tert-OH is 1. The number of nitrogens with one attached hydrogen (secondary N) is 1. The minimum Gasteiger partial charge on any atom is -0.466 e. The van der Waals surface area contributed by atoms with Gasteiger partial charge in [-0.15, -0.1) is 0 Å². The van der Waals surface area contributed by atoms with E-state index in [1.54, 1.807) is 6.92 Å². The maximum Gasteiger partial charge on any atom is 0.312 e. The van der Waals surface area contributed by atoms with Crippen LogP contribution in [0.25, 0.3) is 0 Å². The molecule has 2 bridgehead atoms. The summed E-state index contributed by atoms with van der Waals surface area (Å²) in [6, 6.07) is -1.49. The molecule has 3 rings (SSSR count). The molecule has 1 spiro atoms. The van der Waals surface area contributed by atoms with Gasteiger partial charge in [0.15, 0.2) is 0 Å². The Kier molecular flexibility index (Phi) is 6.30. The van der Waals surface area contributed by atoms with E-state index in [0.717, 1.165) is 0 Å². The van der Waals surface area contributed by atoms with Crippen LogP contribution < -0.4 is 5.32 Å². The largest absolute Gasteiger partial charge is 0.466 e. The Morgan fingerprint density at radius 1 is 1.40 bits per heavy atom. The predicted octanol–water partition coefficient (Wildman–Crippen LogP) is 1.23. The van der Waals surface area contributed by atoms with Gasteiger partial charge in [-0.2, -0.15) is 0 Å². The lowest BCUT2D eigenvalue weighted by Gasteiger charge is -2.39. The Morgan fingerprint density at radius 2 is 2.03 bits per heavy atom. The molecule has 0 saturated carbocycles. The zero-order valence-electron chi connectivity index (χ0n) is 18.5. The predicted molar refractivity (Wildman–Crippen MR) is 113 cm³/mol. The number of carbonyl (C=O) groups is 3. The maximum atomic E-state index is 13.7. The average molecular weight is 489 g/mol. The van der Waals surface area contributed by atoms with Gasteiger partial charge in [0.25, 0.3) is 0 Å². The Hall–Kier alpha value is -1.19. The summed E-state index contributed by atoms with van der Waals surface area (Å²) >= 11 is 3.60. The van der Waals surface area contributed by atoms with E-state index in [-0.39, 0.29) is 35.8 Å². The number of rotatable bonds is 6. The number of halogens is 1. The number of hydrogen-bond donors (Lipinski definition) is 2. The van der Waals surface area contributed by atoms with E-state index in [4.69, 9.17) is 9.47 Å². The summed E-state index contributed by atoms with van der Waals surface area (Å²) < 4.78 is 11.6. The minimum atomic E-state index is -1.13. The van der Waals surface area contributed by atoms with Crippen LogP contribution in [0.3, 0.4) is 0 Å². The third-order valence-corrected chi connectivity index (χ3v) is 7.19. The molecule has 3 heterocycles. The molecule has 2 amide bonds. The molecule has 3 saturated heterocycles. The fourth-order valence-corrected chi connectivity index (χ4v) is 6.23.